The van der Waals surface area contributed by atoms with Gasteiger partial charge in [0.2, 0.25) is 10.0 Å². The molecule has 0 amide bonds. The first-order valence-corrected chi connectivity index (χ1v) is 8.96. The third-order valence-electron chi connectivity index (χ3n) is 4.35. The van der Waals surface area contributed by atoms with Crippen molar-refractivity contribution in [1.29, 1.82) is 0 Å². The largest absolute Gasteiger partial charge is 0.394 e. The van der Waals surface area contributed by atoms with Crippen LogP contribution in [0.4, 0.5) is 0 Å². The van der Waals surface area contributed by atoms with Crippen LogP contribution in [0, 0.1) is 13.8 Å². The van der Waals surface area contributed by atoms with Crippen molar-refractivity contribution < 1.29 is 13.5 Å². The Bertz CT molecular complexity index is 589. The molecule has 1 aromatic heterocycles. The van der Waals surface area contributed by atoms with Gasteiger partial charge in [-0.15, -0.1) is 0 Å². The number of aromatic nitrogens is 2. The summed E-state index contributed by atoms with van der Waals surface area (Å²) in [6, 6.07) is 0.0868. The maximum atomic E-state index is 12.9. The lowest BCUT2D eigenvalue weighted by atomic mass is 9.96. The van der Waals surface area contributed by atoms with E-state index in [4.69, 9.17) is 5.11 Å². The highest BCUT2D eigenvalue weighted by Gasteiger charge is 2.33. The van der Waals surface area contributed by atoms with Crippen molar-refractivity contribution in [1.82, 2.24) is 14.1 Å². The second-order valence-electron chi connectivity index (χ2n) is 5.76. The van der Waals surface area contributed by atoms with Gasteiger partial charge < -0.3 is 5.11 Å². The first kappa shape index (κ1) is 16.5. The summed E-state index contributed by atoms with van der Waals surface area (Å²) in [7, 11) is -1.85. The van der Waals surface area contributed by atoms with Crippen molar-refractivity contribution in [2.75, 3.05) is 13.7 Å². The second-order valence-corrected chi connectivity index (χ2v) is 7.69. The molecule has 0 unspecified atom stereocenters. The molecule has 1 N–H and O–H groups in total. The quantitative estimate of drug-likeness (QED) is 0.892. The molecule has 0 spiro atoms. The van der Waals surface area contributed by atoms with Crippen molar-refractivity contribution in [2.45, 2.75) is 63.4 Å². The molecule has 2 rings (SSSR count). The Kier molecular flexibility index (Phi) is 5.06. The van der Waals surface area contributed by atoms with E-state index in [0.717, 1.165) is 25.7 Å². The van der Waals surface area contributed by atoms with Crippen LogP contribution in [0.3, 0.4) is 0 Å². The molecule has 120 valence electrons. The Labute approximate surface area is 126 Å². The molecule has 0 radical (unpaired) electrons. The summed E-state index contributed by atoms with van der Waals surface area (Å²) in [6.45, 7) is 3.72. The van der Waals surface area contributed by atoms with Crippen LogP contribution in [0.25, 0.3) is 0 Å². The molecule has 1 heterocycles. The molecule has 1 aliphatic carbocycles. The third-order valence-corrected chi connectivity index (χ3v) is 6.52. The van der Waals surface area contributed by atoms with E-state index in [0.29, 0.717) is 22.8 Å². The van der Waals surface area contributed by atoms with Gasteiger partial charge in [0.1, 0.15) is 4.90 Å². The number of nitrogens with zero attached hydrogens (tertiary/aromatic N) is 3. The molecule has 21 heavy (non-hydrogen) atoms. The molecule has 1 fully saturated rings. The van der Waals surface area contributed by atoms with Crippen LogP contribution in [-0.2, 0) is 16.6 Å². The molecule has 0 aliphatic heterocycles. The van der Waals surface area contributed by atoms with E-state index < -0.39 is 10.0 Å². The van der Waals surface area contributed by atoms with Gasteiger partial charge in [0.05, 0.1) is 24.5 Å². The zero-order chi connectivity index (χ0) is 15.6. The molecule has 7 heteroatoms. The minimum absolute atomic E-state index is 0.0556. The van der Waals surface area contributed by atoms with Crippen molar-refractivity contribution in [3.05, 3.63) is 11.4 Å². The maximum Gasteiger partial charge on any atom is 0.246 e. The topological polar surface area (TPSA) is 75.4 Å². The van der Waals surface area contributed by atoms with Crippen LogP contribution in [0.1, 0.15) is 43.5 Å². The van der Waals surface area contributed by atoms with Gasteiger partial charge in [0.25, 0.3) is 0 Å². The fourth-order valence-electron chi connectivity index (χ4n) is 3.15. The predicted molar refractivity (Wildman–Crippen MR) is 80.6 cm³/mol. The molecular weight excluding hydrogens is 290 g/mol. The molecule has 1 aliphatic rings. The molecular formula is C14H25N3O3S. The van der Waals surface area contributed by atoms with Gasteiger partial charge in [0, 0.05) is 13.1 Å². The molecule has 0 aromatic carbocycles. The first-order valence-electron chi connectivity index (χ1n) is 7.52. The summed E-state index contributed by atoms with van der Waals surface area (Å²) in [5.41, 5.74) is 1.10. The predicted octanol–water partition coefficient (Wildman–Crippen LogP) is 1.45. The van der Waals surface area contributed by atoms with Crippen LogP contribution >= 0.6 is 0 Å². The first-order chi connectivity index (χ1) is 9.89. The smallest absolute Gasteiger partial charge is 0.246 e. The summed E-state index contributed by atoms with van der Waals surface area (Å²) in [5, 5.41) is 13.3. The maximum absolute atomic E-state index is 12.9. The van der Waals surface area contributed by atoms with Gasteiger partial charge in [-0.25, -0.2) is 8.42 Å². The Hall–Kier alpha value is -0.920. The molecule has 1 aromatic rings. The van der Waals surface area contributed by atoms with Crippen LogP contribution in [0.15, 0.2) is 4.90 Å². The summed E-state index contributed by atoms with van der Waals surface area (Å²) in [5.74, 6) is 0. The number of aryl methyl sites for hydroxylation is 1. The van der Waals surface area contributed by atoms with Crippen molar-refractivity contribution in [3.8, 4) is 0 Å². The Morgan fingerprint density at radius 2 is 1.90 bits per heavy atom. The average Bonchev–Trinajstić information content (AvgIpc) is 2.74. The molecule has 0 bridgehead atoms. The Morgan fingerprint density at radius 3 is 2.48 bits per heavy atom. The minimum Gasteiger partial charge on any atom is -0.394 e. The minimum atomic E-state index is -3.53. The van der Waals surface area contributed by atoms with Crippen LogP contribution in [0.2, 0.25) is 0 Å². The van der Waals surface area contributed by atoms with E-state index in [2.05, 4.69) is 5.10 Å². The van der Waals surface area contributed by atoms with Gasteiger partial charge in [-0.3, -0.25) is 4.68 Å². The van der Waals surface area contributed by atoms with Crippen molar-refractivity contribution >= 4 is 10.0 Å². The fourth-order valence-corrected chi connectivity index (χ4v) is 4.94. The summed E-state index contributed by atoms with van der Waals surface area (Å²) in [6.07, 6.45) is 5.23. The number of hydrogen-bond acceptors (Lipinski definition) is 4. The molecule has 0 saturated heterocycles. The van der Waals surface area contributed by atoms with E-state index in [-0.39, 0.29) is 12.6 Å². The van der Waals surface area contributed by atoms with Gasteiger partial charge in [-0.1, -0.05) is 19.3 Å². The number of aliphatic hydroxyl groups is 1. The standard InChI is InChI=1S/C14H25N3O3S/c1-11-14(12(2)17(15-11)9-10-18)21(19,20)16(3)13-7-5-4-6-8-13/h13,18H,4-10H2,1-3H3. The molecule has 1 saturated carbocycles. The van der Waals surface area contributed by atoms with E-state index in [1.54, 1.807) is 25.6 Å². The lowest BCUT2D eigenvalue weighted by Crippen LogP contribution is -2.38. The van der Waals surface area contributed by atoms with E-state index in [1.807, 2.05) is 0 Å². The lowest BCUT2D eigenvalue weighted by Gasteiger charge is -2.30. The summed E-state index contributed by atoms with van der Waals surface area (Å²) >= 11 is 0. The second kappa shape index (κ2) is 6.46. The normalized spacial score (nSPS) is 17.6. The van der Waals surface area contributed by atoms with E-state index in [1.165, 1.54) is 10.7 Å². The number of rotatable bonds is 5. The van der Waals surface area contributed by atoms with E-state index >= 15 is 0 Å². The number of aliphatic hydroxyl groups excluding tert-OH is 1. The summed E-state index contributed by atoms with van der Waals surface area (Å²) in [4.78, 5) is 0.295. The van der Waals surface area contributed by atoms with Crippen LogP contribution < -0.4 is 0 Å². The zero-order valence-corrected chi connectivity index (χ0v) is 13.9. The van der Waals surface area contributed by atoms with Crippen molar-refractivity contribution in [2.24, 2.45) is 0 Å². The van der Waals surface area contributed by atoms with Crippen molar-refractivity contribution in [3.63, 3.8) is 0 Å². The van der Waals surface area contributed by atoms with Crippen LogP contribution in [0.5, 0.6) is 0 Å². The molecule has 6 nitrogen and oxygen atoms in total. The Balaban J connectivity index is 2.34. The van der Waals surface area contributed by atoms with Gasteiger partial charge in [0.15, 0.2) is 0 Å². The lowest BCUT2D eigenvalue weighted by molar-refractivity contribution is 0.267. The number of sulfonamides is 1. The SMILES string of the molecule is Cc1nn(CCO)c(C)c1S(=O)(=O)N(C)C1CCCCC1. The highest BCUT2D eigenvalue weighted by atomic mass is 32.2. The van der Waals surface area contributed by atoms with Gasteiger partial charge in [-0.05, 0) is 26.7 Å². The van der Waals surface area contributed by atoms with Crippen LogP contribution in [-0.4, -0.2) is 47.3 Å². The third kappa shape index (κ3) is 3.14. The zero-order valence-electron chi connectivity index (χ0n) is 13.0. The number of hydrogen-bond donors (Lipinski definition) is 1. The average molecular weight is 315 g/mol. The monoisotopic (exact) mass is 315 g/mol. The highest BCUT2D eigenvalue weighted by Crippen LogP contribution is 2.29. The molecule has 0 atom stereocenters. The van der Waals surface area contributed by atoms with Gasteiger partial charge in [-0.2, -0.15) is 9.40 Å². The summed E-state index contributed by atoms with van der Waals surface area (Å²) < 4.78 is 28.9. The fraction of sp³-hybridized carbons (Fsp3) is 0.786. The Morgan fingerprint density at radius 1 is 1.29 bits per heavy atom. The van der Waals surface area contributed by atoms with Gasteiger partial charge >= 0.3 is 0 Å². The van der Waals surface area contributed by atoms with E-state index in [9.17, 15) is 8.42 Å². The highest BCUT2D eigenvalue weighted by molar-refractivity contribution is 7.89.